The van der Waals surface area contributed by atoms with E-state index in [0.29, 0.717) is 0 Å². The molecule has 26 heavy (non-hydrogen) atoms. The van der Waals surface area contributed by atoms with Crippen LogP contribution in [0.2, 0.25) is 0 Å². The van der Waals surface area contributed by atoms with Crippen molar-refractivity contribution in [3.63, 3.8) is 0 Å². The van der Waals surface area contributed by atoms with Gasteiger partial charge in [0.1, 0.15) is 0 Å². The van der Waals surface area contributed by atoms with E-state index in [4.69, 9.17) is 0 Å². The average molecular weight is 418 g/mol. The lowest BCUT2D eigenvalue weighted by molar-refractivity contribution is 0.451. The Balaban J connectivity index is 3.00. The zero-order chi connectivity index (χ0) is 20.1. The van der Waals surface area contributed by atoms with Crippen LogP contribution in [0, 0.1) is 46.5 Å². The zero-order valence-corrected chi connectivity index (χ0v) is 15.7. The van der Waals surface area contributed by atoms with E-state index in [2.05, 4.69) is 0 Å². The summed E-state index contributed by atoms with van der Waals surface area (Å²) >= 11 is 0. The first-order valence-electron chi connectivity index (χ1n) is 7.00. The molecule has 2 rings (SSSR count). The van der Waals surface area contributed by atoms with E-state index in [-0.39, 0.29) is 0 Å². The Morgan fingerprint density at radius 1 is 0.385 bits per heavy atom. The Bertz CT molecular complexity index is 761. The molecular weight excluding hydrogens is 406 g/mol. The molecular formula is C16H12F8P2. The maximum absolute atomic E-state index is 14.3. The number of benzene rings is 2. The van der Waals surface area contributed by atoms with Gasteiger partial charge >= 0.3 is 0 Å². The number of hydrogen-bond acceptors (Lipinski definition) is 0. The first-order chi connectivity index (χ1) is 11.9. The highest BCUT2D eigenvalue weighted by molar-refractivity contribution is 7.64. The van der Waals surface area contributed by atoms with Crippen LogP contribution in [0.5, 0.6) is 0 Å². The van der Waals surface area contributed by atoms with Gasteiger partial charge < -0.3 is 0 Å². The molecule has 0 aliphatic carbocycles. The Labute approximate surface area is 146 Å². The molecule has 0 amide bonds. The third-order valence-electron chi connectivity index (χ3n) is 3.62. The third kappa shape index (κ3) is 3.11. The fraction of sp³-hybridized carbons (Fsp3) is 0.250. The minimum Gasteiger partial charge on any atom is -0.203 e. The Morgan fingerprint density at radius 3 is 0.731 bits per heavy atom. The molecule has 0 aromatic heterocycles. The largest absolute Gasteiger partial charge is 0.203 e. The molecule has 0 unspecified atom stereocenters. The fourth-order valence-corrected chi connectivity index (χ4v) is 4.43. The van der Waals surface area contributed by atoms with Crippen LogP contribution in [0.1, 0.15) is 0 Å². The number of hydrogen-bond donors (Lipinski definition) is 0. The summed E-state index contributed by atoms with van der Waals surface area (Å²) in [5.41, 5.74) is -3.65. The summed E-state index contributed by atoms with van der Waals surface area (Å²) in [4.78, 5) is 0. The molecule has 0 aliphatic rings. The summed E-state index contributed by atoms with van der Waals surface area (Å²) < 4.78 is 114. The maximum atomic E-state index is 14.3. The smallest absolute Gasteiger partial charge is 0.170 e. The lowest BCUT2D eigenvalue weighted by atomic mass is 10.0. The Hall–Kier alpha value is -1.26. The van der Waals surface area contributed by atoms with Gasteiger partial charge in [-0.25, -0.2) is 35.1 Å². The predicted molar refractivity (Wildman–Crippen MR) is 88.3 cm³/mol. The van der Waals surface area contributed by atoms with Gasteiger partial charge in [0.05, 0.1) is 21.7 Å². The summed E-state index contributed by atoms with van der Waals surface area (Å²) in [5, 5.41) is -1.83. The third-order valence-corrected chi connectivity index (χ3v) is 6.20. The highest BCUT2D eigenvalue weighted by Crippen LogP contribution is 2.39. The summed E-state index contributed by atoms with van der Waals surface area (Å²) in [6.45, 7) is 5.20. The highest BCUT2D eigenvalue weighted by atomic mass is 31.1. The average Bonchev–Trinajstić information content (AvgIpc) is 2.54. The van der Waals surface area contributed by atoms with Crippen LogP contribution in [0.25, 0.3) is 11.1 Å². The van der Waals surface area contributed by atoms with Crippen LogP contribution >= 0.6 is 15.8 Å². The van der Waals surface area contributed by atoms with Crippen molar-refractivity contribution >= 4 is 26.5 Å². The first-order valence-corrected chi connectivity index (χ1v) is 11.5. The van der Waals surface area contributed by atoms with E-state index in [1.54, 1.807) is 0 Å². The van der Waals surface area contributed by atoms with Crippen LogP contribution < -0.4 is 10.6 Å². The van der Waals surface area contributed by atoms with Crippen molar-refractivity contribution in [3.05, 3.63) is 46.5 Å². The second-order valence-electron chi connectivity index (χ2n) is 5.75. The molecule has 0 saturated heterocycles. The van der Waals surface area contributed by atoms with Gasteiger partial charge in [-0.1, -0.05) is 15.8 Å². The lowest BCUT2D eigenvalue weighted by Gasteiger charge is -2.18. The second-order valence-corrected chi connectivity index (χ2v) is 10.2. The van der Waals surface area contributed by atoms with Gasteiger partial charge in [0, 0.05) is 0 Å². The number of rotatable bonds is 3. The molecule has 0 spiro atoms. The molecule has 0 atom stereocenters. The second kappa shape index (κ2) is 7.40. The summed E-state index contributed by atoms with van der Waals surface area (Å²) in [5.74, 6) is -15.9. The molecule has 0 radical (unpaired) electrons. The van der Waals surface area contributed by atoms with Crippen LogP contribution in [-0.2, 0) is 0 Å². The standard InChI is InChI=1S/C16H12F8P2/c1-25(2)15-11(21)7(17)5(8(18)12(15)22)6-9(19)13(23)16(26(3)4)14(24)10(6)20/h1-4H3. The maximum Gasteiger partial charge on any atom is 0.170 e. The SMILES string of the molecule is CP(C)c1c(F)c(F)c(-c2c(F)c(F)c(P(C)C)c(F)c2F)c(F)c1F. The molecule has 0 bridgehead atoms. The van der Waals surface area contributed by atoms with Crippen molar-refractivity contribution in [2.75, 3.05) is 26.7 Å². The summed E-state index contributed by atoms with van der Waals surface area (Å²) in [6.07, 6.45) is 0. The van der Waals surface area contributed by atoms with Gasteiger partial charge in [-0.15, -0.1) is 0 Å². The van der Waals surface area contributed by atoms with Crippen molar-refractivity contribution in [1.29, 1.82) is 0 Å². The molecule has 0 fully saturated rings. The van der Waals surface area contributed by atoms with E-state index in [1.807, 2.05) is 0 Å². The summed E-state index contributed by atoms with van der Waals surface area (Å²) in [6, 6.07) is 0. The van der Waals surface area contributed by atoms with Gasteiger partial charge in [0.25, 0.3) is 0 Å². The molecule has 0 N–H and O–H groups in total. The molecule has 10 heteroatoms. The predicted octanol–water partition coefficient (Wildman–Crippen LogP) is 5.20. The monoisotopic (exact) mass is 418 g/mol. The van der Waals surface area contributed by atoms with Crippen LogP contribution in [0.15, 0.2) is 0 Å². The Morgan fingerprint density at radius 2 is 0.577 bits per heavy atom. The lowest BCUT2D eigenvalue weighted by Crippen LogP contribution is -2.21. The normalized spacial score (nSPS) is 11.8. The van der Waals surface area contributed by atoms with Crippen molar-refractivity contribution in [1.82, 2.24) is 0 Å². The molecule has 2 aromatic rings. The van der Waals surface area contributed by atoms with Gasteiger partial charge in [-0.2, -0.15) is 0 Å². The Kier molecular flexibility index (Phi) is 5.99. The molecule has 0 heterocycles. The van der Waals surface area contributed by atoms with Gasteiger partial charge in [-0.05, 0) is 26.7 Å². The van der Waals surface area contributed by atoms with Gasteiger partial charge in [0.15, 0.2) is 46.5 Å². The highest BCUT2D eigenvalue weighted by Gasteiger charge is 2.34. The van der Waals surface area contributed by atoms with Crippen LogP contribution in [0.3, 0.4) is 0 Å². The zero-order valence-electron chi connectivity index (χ0n) is 13.9. The molecule has 0 saturated carbocycles. The number of halogens is 8. The first kappa shape index (κ1) is 21.0. The van der Waals surface area contributed by atoms with E-state index < -0.39 is 84.1 Å². The van der Waals surface area contributed by atoms with E-state index in [1.165, 1.54) is 26.7 Å². The topological polar surface area (TPSA) is 0 Å². The van der Waals surface area contributed by atoms with Crippen molar-refractivity contribution < 1.29 is 35.1 Å². The molecule has 142 valence electrons. The van der Waals surface area contributed by atoms with E-state index in [9.17, 15) is 35.1 Å². The van der Waals surface area contributed by atoms with E-state index in [0.717, 1.165) is 0 Å². The van der Waals surface area contributed by atoms with Crippen molar-refractivity contribution in [2.24, 2.45) is 0 Å². The van der Waals surface area contributed by atoms with Crippen LogP contribution in [-0.4, -0.2) is 26.7 Å². The van der Waals surface area contributed by atoms with E-state index >= 15 is 0 Å². The minimum absolute atomic E-state index is 0.914. The molecule has 0 nitrogen and oxygen atoms in total. The van der Waals surface area contributed by atoms with Crippen molar-refractivity contribution in [2.45, 2.75) is 0 Å². The molecule has 2 aromatic carbocycles. The van der Waals surface area contributed by atoms with Crippen LogP contribution in [0.4, 0.5) is 35.1 Å². The fourth-order valence-electron chi connectivity index (χ4n) is 2.46. The van der Waals surface area contributed by atoms with Gasteiger partial charge in [0.2, 0.25) is 0 Å². The summed E-state index contributed by atoms with van der Waals surface area (Å²) in [7, 11) is -3.31. The molecule has 0 aliphatic heterocycles. The minimum atomic E-state index is -2.12. The quantitative estimate of drug-likeness (QED) is 0.365. The van der Waals surface area contributed by atoms with Crippen molar-refractivity contribution in [3.8, 4) is 11.1 Å². The van der Waals surface area contributed by atoms with Gasteiger partial charge in [-0.3, -0.25) is 0 Å².